The molecule has 1 atom stereocenters. The molecule has 2 aromatic carbocycles. The molecule has 5 rings (SSSR count). The van der Waals surface area contributed by atoms with Gasteiger partial charge in [0, 0.05) is 23.6 Å². The van der Waals surface area contributed by atoms with Crippen molar-refractivity contribution in [3.8, 4) is 22.2 Å². The summed E-state index contributed by atoms with van der Waals surface area (Å²) in [6.07, 6.45) is 2.27. The van der Waals surface area contributed by atoms with Gasteiger partial charge in [-0.15, -0.1) is 11.3 Å². The van der Waals surface area contributed by atoms with Crippen molar-refractivity contribution in [2.24, 2.45) is 0 Å². The Labute approximate surface area is 158 Å². The molecule has 0 saturated heterocycles. The molecule has 0 aliphatic carbocycles. The lowest BCUT2D eigenvalue weighted by Gasteiger charge is -2.06. The summed E-state index contributed by atoms with van der Waals surface area (Å²) in [4.78, 5) is 13.7. The van der Waals surface area contributed by atoms with Gasteiger partial charge >= 0.3 is 0 Å². The van der Waals surface area contributed by atoms with Gasteiger partial charge in [0.25, 0.3) is 0 Å². The number of fused-ring (bicyclic) bond motifs is 4. The fourth-order valence-corrected chi connectivity index (χ4v) is 4.66. The number of rotatable bonds is 2. The van der Waals surface area contributed by atoms with Gasteiger partial charge in [-0.1, -0.05) is 0 Å². The predicted molar refractivity (Wildman–Crippen MR) is 103 cm³/mol. The molecule has 0 N–H and O–H groups in total. The van der Waals surface area contributed by atoms with Gasteiger partial charge in [0.05, 0.1) is 34.6 Å². The number of aromatic nitrogens is 3. The third-order valence-corrected chi connectivity index (χ3v) is 5.87. The molecule has 27 heavy (non-hydrogen) atoms. The molecular formula is C20H16FN3O2S. The molecule has 3 heterocycles. The number of thiazole rings is 1. The minimum atomic E-state index is -0.350. The van der Waals surface area contributed by atoms with Gasteiger partial charge in [-0.05, 0) is 31.5 Å². The number of hydrogen-bond acceptors (Lipinski definition) is 6. The van der Waals surface area contributed by atoms with Crippen molar-refractivity contribution < 1.29 is 13.9 Å². The standard InChI is InChI=1S/C20H16FN3O2S/c1-9-4-11(17-14(5-9)23-16(25-3)8-22-17)20-24-15-7-13(21)18-12(19(15)27-20)6-10(2)26-18/h4-5,7-8,10H,6H2,1-3H3. The predicted octanol–water partition coefficient (Wildman–Crippen LogP) is 4.69. The number of halogens is 1. The molecule has 136 valence electrons. The summed E-state index contributed by atoms with van der Waals surface area (Å²) in [6.45, 7) is 3.95. The van der Waals surface area contributed by atoms with Crippen molar-refractivity contribution >= 4 is 32.6 Å². The van der Waals surface area contributed by atoms with Gasteiger partial charge in [-0.2, -0.15) is 0 Å². The van der Waals surface area contributed by atoms with Crippen LogP contribution < -0.4 is 9.47 Å². The van der Waals surface area contributed by atoms with E-state index in [2.05, 4.69) is 9.97 Å². The third kappa shape index (κ3) is 2.53. The number of methoxy groups -OCH3 is 1. The molecule has 5 nitrogen and oxygen atoms in total. The highest BCUT2D eigenvalue weighted by atomic mass is 32.1. The van der Waals surface area contributed by atoms with E-state index < -0.39 is 0 Å². The minimum Gasteiger partial charge on any atom is -0.487 e. The molecular weight excluding hydrogens is 365 g/mol. The van der Waals surface area contributed by atoms with Crippen LogP contribution >= 0.6 is 11.3 Å². The summed E-state index contributed by atoms with van der Waals surface area (Å²) in [7, 11) is 1.57. The highest BCUT2D eigenvalue weighted by Crippen LogP contribution is 2.43. The first-order valence-corrected chi connectivity index (χ1v) is 9.45. The smallest absolute Gasteiger partial charge is 0.232 e. The number of aryl methyl sites for hydroxylation is 1. The first kappa shape index (κ1) is 16.4. The Morgan fingerprint density at radius 3 is 2.89 bits per heavy atom. The maximum Gasteiger partial charge on any atom is 0.232 e. The van der Waals surface area contributed by atoms with Gasteiger partial charge in [0.15, 0.2) is 11.6 Å². The molecule has 0 fully saturated rings. The molecule has 0 radical (unpaired) electrons. The summed E-state index contributed by atoms with van der Waals surface area (Å²) in [5.74, 6) is 0.482. The van der Waals surface area contributed by atoms with Crippen LogP contribution in [-0.2, 0) is 6.42 Å². The minimum absolute atomic E-state index is 0.0243. The molecule has 4 aromatic rings. The van der Waals surface area contributed by atoms with E-state index in [9.17, 15) is 4.39 Å². The van der Waals surface area contributed by atoms with Crippen molar-refractivity contribution in [1.29, 1.82) is 0 Å². The highest BCUT2D eigenvalue weighted by Gasteiger charge is 2.27. The van der Waals surface area contributed by atoms with Crippen molar-refractivity contribution in [3.05, 3.63) is 41.3 Å². The lowest BCUT2D eigenvalue weighted by Crippen LogP contribution is -2.05. The Bertz CT molecular complexity index is 1220. The van der Waals surface area contributed by atoms with Crippen LogP contribution in [0.2, 0.25) is 0 Å². The monoisotopic (exact) mass is 381 g/mol. The lowest BCUT2D eigenvalue weighted by molar-refractivity contribution is 0.245. The van der Waals surface area contributed by atoms with Crippen LogP contribution in [0.15, 0.2) is 24.4 Å². The molecule has 0 saturated carbocycles. The summed E-state index contributed by atoms with van der Waals surface area (Å²) in [6, 6.07) is 5.46. The van der Waals surface area contributed by atoms with Crippen LogP contribution in [0.25, 0.3) is 31.8 Å². The molecule has 7 heteroatoms. The molecule has 0 spiro atoms. The zero-order valence-electron chi connectivity index (χ0n) is 15.0. The van der Waals surface area contributed by atoms with Crippen molar-refractivity contribution in [1.82, 2.24) is 15.0 Å². The number of benzene rings is 2. The highest BCUT2D eigenvalue weighted by molar-refractivity contribution is 7.22. The van der Waals surface area contributed by atoms with Crippen molar-refractivity contribution in [2.75, 3.05) is 7.11 Å². The maximum atomic E-state index is 14.4. The van der Waals surface area contributed by atoms with Crippen LogP contribution in [0.5, 0.6) is 11.6 Å². The molecule has 0 amide bonds. The molecule has 1 aliphatic heterocycles. The molecule has 1 unspecified atom stereocenters. The first-order chi connectivity index (χ1) is 13.0. The Morgan fingerprint density at radius 2 is 2.07 bits per heavy atom. The quantitative estimate of drug-likeness (QED) is 0.504. The largest absolute Gasteiger partial charge is 0.487 e. The van der Waals surface area contributed by atoms with Gasteiger partial charge in [0.2, 0.25) is 5.88 Å². The van der Waals surface area contributed by atoms with Crippen LogP contribution in [-0.4, -0.2) is 28.2 Å². The second kappa shape index (κ2) is 5.85. The molecule has 0 bridgehead atoms. The second-order valence-electron chi connectivity index (χ2n) is 6.76. The summed E-state index contributed by atoms with van der Waals surface area (Å²) < 4.78 is 26.2. The van der Waals surface area contributed by atoms with Crippen LogP contribution in [0.1, 0.15) is 18.1 Å². The Kier molecular flexibility index (Phi) is 3.55. The van der Waals surface area contributed by atoms with Crippen LogP contribution in [0.3, 0.4) is 0 Å². The zero-order chi connectivity index (χ0) is 18.7. The van der Waals surface area contributed by atoms with E-state index in [0.717, 1.165) is 37.4 Å². The van der Waals surface area contributed by atoms with Crippen LogP contribution in [0.4, 0.5) is 4.39 Å². The summed E-state index contributed by atoms with van der Waals surface area (Å²) in [5, 5.41) is 0.797. The Morgan fingerprint density at radius 1 is 1.22 bits per heavy atom. The van der Waals surface area contributed by atoms with Crippen LogP contribution in [0, 0.1) is 12.7 Å². The fraction of sp³-hybridized carbons (Fsp3) is 0.250. The normalized spacial score (nSPS) is 15.9. The summed E-state index contributed by atoms with van der Waals surface area (Å²) in [5.41, 5.74) is 5.00. The van der Waals surface area contributed by atoms with Gasteiger partial charge in [-0.25, -0.2) is 19.3 Å². The van der Waals surface area contributed by atoms with E-state index in [1.807, 2.05) is 26.0 Å². The van der Waals surface area contributed by atoms with E-state index in [0.29, 0.717) is 23.6 Å². The fourth-order valence-electron chi connectivity index (χ4n) is 3.55. The van der Waals surface area contributed by atoms with Crippen molar-refractivity contribution in [3.63, 3.8) is 0 Å². The molecule has 1 aliphatic rings. The van der Waals surface area contributed by atoms with E-state index in [-0.39, 0.29) is 11.9 Å². The summed E-state index contributed by atoms with van der Waals surface area (Å²) >= 11 is 1.54. The van der Waals surface area contributed by atoms with Gasteiger partial charge < -0.3 is 9.47 Å². The Hall–Kier alpha value is -2.80. The Balaban J connectivity index is 1.76. The second-order valence-corrected chi connectivity index (χ2v) is 7.76. The number of ether oxygens (including phenoxy) is 2. The van der Waals surface area contributed by atoms with E-state index in [1.54, 1.807) is 24.6 Å². The van der Waals surface area contributed by atoms with E-state index in [1.165, 1.54) is 6.07 Å². The third-order valence-electron chi connectivity index (χ3n) is 4.70. The van der Waals surface area contributed by atoms with Gasteiger partial charge in [0.1, 0.15) is 11.1 Å². The van der Waals surface area contributed by atoms with E-state index in [4.69, 9.17) is 14.5 Å². The average molecular weight is 381 g/mol. The maximum absolute atomic E-state index is 14.4. The topological polar surface area (TPSA) is 57.1 Å². The zero-order valence-corrected chi connectivity index (χ0v) is 15.9. The SMILES string of the molecule is COc1cnc2c(-c3nc4cc(F)c5c(c4s3)CC(C)O5)cc(C)cc2n1. The first-order valence-electron chi connectivity index (χ1n) is 8.64. The average Bonchev–Trinajstić information content (AvgIpc) is 3.23. The lowest BCUT2D eigenvalue weighted by atomic mass is 10.1. The number of hydrogen-bond donors (Lipinski definition) is 0. The van der Waals surface area contributed by atoms with Gasteiger partial charge in [-0.3, -0.25) is 0 Å². The van der Waals surface area contributed by atoms with E-state index >= 15 is 0 Å². The number of nitrogens with zero attached hydrogens (tertiary/aromatic N) is 3. The molecule has 2 aromatic heterocycles. The van der Waals surface area contributed by atoms with Crippen molar-refractivity contribution in [2.45, 2.75) is 26.4 Å².